The maximum atomic E-state index is 13.7. The quantitative estimate of drug-likeness (QED) is 0.689. The Balaban J connectivity index is 1.63. The number of hydrogen-bond donors (Lipinski definition) is 2. The third-order valence-corrected chi connectivity index (χ3v) is 3.60. The molecule has 3 aromatic rings. The van der Waals surface area contributed by atoms with Gasteiger partial charge in [-0.05, 0) is 36.2 Å². The fraction of sp³-hybridized carbons (Fsp3) is 0.118. The summed E-state index contributed by atoms with van der Waals surface area (Å²) < 4.78 is 27.3. The first kappa shape index (κ1) is 17.0. The number of nitrogens with zero attached hydrogens (tertiary/aromatic N) is 3. The van der Waals surface area contributed by atoms with Crippen LogP contribution in [0.15, 0.2) is 48.7 Å². The fourth-order valence-electron chi connectivity index (χ4n) is 2.20. The van der Waals surface area contributed by atoms with Crippen molar-refractivity contribution in [2.24, 2.45) is 0 Å². The topological polar surface area (TPSA) is 62.7 Å². The van der Waals surface area contributed by atoms with E-state index in [0.29, 0.717) is 18.0 Å². The Morgan fingerprint density at radius 2 is 1.80 bits per heavy atom. The van der Waals surface area contributed by atoms with Crippen LogP contribution < -0.4 is 10.6 Å². The number of anilines is 3. The van der Waals surface area contributed by atoms with Crippen LogP contribution in [-0.4, -0.2) is 21.7 Å². The van der Waals surface area contributed by atoms with E-state index in [0.717, 1.165) is 17.7 Å². The Kier molecular flexibility index (Phi) is 5.35. The van der Waals surface area contributed by atoms with E-state index in [4.69, 9.17) is 11.6 Å². The van der Waals surface area contributed by atoms with E-state index in [1.807, 2.05) is 24.3 Å². The third-order valence-electron chi connectivity index (χ3n) is 3.36. The summed E-state index contributed by atoms with van der Waals surface area (Å²) in [7, 11) is 0. The second-order valence-electron chi connectivity index (χ2n) is 5.19. The smallest absolute Gasteiger partial charge is 0.244 e. The molecule has 0 bridgehead atoms. The van der Waals surface area contributed by atoms with E-state index in [2.05, 4.69) is 25.8 Å². The summed E-state index contributed by atoms with van der Waals surface area (Å²) in [5, 5.41) is 13.9. The standard InChI is InChI=1S/C17H14ClF2N5/c18-12-4-1-3-11(9-12)7-8-21-17-24-15(10-22-25-17)23-16-13(19)5-2-6-14(16)20/h1-6,9-10H,7-8H2,(H2,21,23,24,25). The number of benzene rings is 2. The van der Waals surface area contributed by atoms with Gasteiger partial charge in [-0.1, -0.05) is 29.8 Å². The van der Waals surface area contributed by atoms with Crippen LogP contribution in [0.1, 0.15) is 5.56 Å². The average molecular weight is 362 g/mol. The normalized spacial score (nSPS) is 10.5. The van der Waals surface area contributed by atoms with Crippen LogP contribution in [-0.2, 0) is 6.42 Å². The number of halogens is 3. The lowest BCUT2D eigenvalue weighted by Gasteiger charge is -2.09. The van der Waals surface area contributed by atoms with Gasteiger partial charge in [0.05, 0.1) is 6.20 Å². The second kappa shape index (κ2) is 7.85. The lowest BCUT2D eigenvalue weighted by atomic mass is 10.1. The van der Waals surface area contributed by atoms with E-state index < -0.39 is 11.6 Å². The highest BCUT2D eigenvalue weighted by atomic mass is 35.5. The van der Waals surface area contributed by atoms with Crippen molar-refractivity contribution in [2.75, 3.05) is 17.2 Å². The molecule has 0 aliphatic carbocycles. The molecule has 0 aliphatic rings. The van der Waals surface area contributed by atoms with Crippen molar-refractivity contribution >= 4 is 29.1 Å². The maximum absolute atomic E-state index is 13.7. The highest BCUT2D eigenvalue weighted by molar-refractivity contribution is 6.30. The summed E-state index contributed by atoms with van der Waals surface area (Å²) >= 11 is 5.94. The number of rotatable bonds is 6. The van der Waals surface area contributed by atoms with Crippen LogP contribution >= 0.6 is 11.6 Å². The molecule has 0 unspecified atom stereocenters. The van der Waals surface area contributed by atoms with Gasteiger partial charge in [0.1, 0.15) is 17.3 Å². The Labute approximate surface area is 148 Å². The van der Waals surface area contributed by atoms with E-state index in [9.17, 15) is 8.78 Å². The van der Waals surface area contributed by atoms with Crippen LogP contribution in [0.5, 0.6) is 0 Å². The zero-order valence-corrected chi connectivity index (χ0v) is 13.8. The molecular formula is C17H14ClF2N5. The highest BCUT2D eigenvalue weighted by Gasteiger charge is 2.10. The molecule has 3 rings (SSSR count). The first-order valence-electron chi connectivity index (χ1n) is 7.51. The largest absolute Gasteiger partial charge is 0.353 e. The number of hydrogen-bond acceptors (Lipinski definition) is 5. The zero-order chi connectivity index (χ0) is 17.6. The molecule has 0 amide bonds. The Morgan fingerprint density at radius 1 is 1.04 bits per heavy atom. The van der Waals surface area contributed by atoms with Gasteiger partial charge >= 0.3 is 0 Å². The molecule has 1 heterocycles. The molecule has 128 valence electrons. The zero-order valence-electron chi connectivity index (χ0n) is 13.0. The second-order valence-corrected chi connectivity index (χ2v) is 5.63. The summed E-state index contributed by atoms with van der Waals surface area (Å²) in [5.74, 6) is -0.990. The molecule has 0 saturated carbocycles. The van der Waals surface area contributed by atoms with E-state index in [1.165, 1.54) is 12.3 Å². The monoisotopic (exact) mass is 361 g/mol. The molecule has 0 atom stereocenters. The van der Waals surface area contributed by atoms with E-state index >= 15 is 0 Å². The predicted molar refractivity (Wildman–Crippen MR) is 93.1 cm³/mol. The minimum atomic E-state index is -0.714. The molecule has 1 aromatic heterocycles. The molecule has 25 heavy (non-hydrogen) atoms. The molecular weight excluding hydrogens is 348 g/mol. The molecule has 0 aliphatic heterocycles. The first-order chi connectivity index (χ1) is 12.1. The summed E-state index contributed by atoms with van der Waals surface area (Å²) in [6.07, 6.45) is 2.00. The van der Waals surface area contributed by atoms with Crippen molar-refractivity contribution in [1.82, 2.24) is 15.2 Å². The first-order valence-corrected chi connectivity index (χ1v) is 7.89. The van der Waals surface area contributed by atoms with Crippen molar-refractivity contribution < 1.29 is 8.78 Å². The maximum Gasteiger partial charge on any atom is 0.244 e. The average Bonchev–Trinajstić information content (AvgIpc) is 2.59. The lowest BCUT2D eigenvalue weighted by Crippen LogP contribution is -2.10. The Morgan fingerprint density at radius 3 is 2.56 bits per heavy atom. The minimum absolute atomic E-state index is 0.184. The van der Waals surface area contributed by atoms with Gasteiger partial charge in [-0.15, -0.1) is 5.10 Å². The van der Waals surface area contributed by atoms with Crippen LogP contribution in [0, 0.1) is 11.6 Å². The van der Waals surface area contributed by atoms with Crippen LogP contribution in [0.25, 0.3) is 0 Å². The van der Waals surface area contributed by atoms with Gasteiger partial charge in [-0.25, -0.2) is 8.78 Å². The van der Waals surface area contributed by atoms with Gasteiger partial charge in [0, 0.05) is 11.6 Å². The summed E-state index contributed by atoms with van der Waals surface area (Å²) in [6.45, 7) is 0.555. The molecule has 0 fully saturated rings. The van der Waals surface area contributed by atoms with E-state index in [1.54, 1.807) is 0 Å². The SMILES string of the molecule is Fc1cccc(F)c1Nc1cnnc(NCCc2cccc(Cl)c2)n1. The molecule has 5 nitrogen and oxygen atoms in total. The molecule has 0 saturated heterocycles. The van der Waals surface area contributed by atoms with Crippen LogP contribution in [0.2, 0.25) is 5.02 Å². The summed E-state index contributed by atoms with van der Waals surface area (Å²) in [6, 6.07) is 11.1. The third kappa shape index (κ3) is 4.60. The van der Waals surface area contributed by atoms with Crippen molar-refractivity contribution in [3.63, 3.8) is 0 Å². The van der Waals surface area contributed by atoms with Crippen molar-refractivity contribution in [3.8, 4) is 0 Å². The highest BCUT2D eigenvalue weighted by Crippen LogP contribution is 2.21. The molecule has 2 N–H and O–H groups in total. The van der Waals surface area contributed by atoms with E-state index in [-0.39, 0.29) is 17.5 Å². The van der Waals surface area contributed by atoms with Gasteiger partial charge in [0.15, 0.2) is 5.82 Å². The summed E-state index contributed by atoms with van der Waals surface area (Å²) in [5.41, 5.74) is 0.781. The molecule has 0 spiro atoms. The van der Waals surface area contributed by atoms with Crippen molar-refractivity contribution in [3.05, 3.63) is 70.9 Å². The van der Waals surface area contributed by atoms with Crippen LogP contribution in [0.3, 0.4) is 0 Å². The number of nitrogens with one attached hydrogen (secondary N) is 2. The minimum Gasteiger partial charge on any atom is -0.353 e. The molecule has 8 heteroatoms. The molecule has 0 radical (unpaired) electrons. The number of para-hydroxylation sites is 1. The van der Waals surface area contributed by atoms with Gasteiger partial charge in [-0.3, -0.25) is 0 Å². The predicted octanol–water partition coefficient (Wildman–Crippen LogP) is 4.20. The van der Waals surface area contributed by atoms with Crippen LogP contribution in [0.4, 0.5) is 26.2 Å². The van der Waals surface area contributed by atoms with Gasteiger partial charge in [0.2, 0.25) is 5.95 Å². The van der Waals surface area contributed by atoms with Crippen molar-refractivity contribution in [1.29, 1.82) is 0 Å². The van der Waals surface area contributed by atoms with Crippen molar-refractivity contribution in [2.45, 2.75) is 6.42 Å². The number of aromatic nitrogens is 3. The lowest BCUT2D eigenvalue weighted by molar-refractivity contribution is 0.590. The summed E-state index contributed by atoms with van der Waals surface area (Å²) in [4.78, 5) is 4.14. The Bertz CT molecular complexity index is 855. The fourth-order valence-corrected chi connectivity index (χ4v) is 2.41. The molecule has 2 aromatic carbocycles. The Hall–Kier alpha value is -2.80. The van der Waals surface area contributed by atoms with Gasteiger partial charge in [0.25, 0.3) is 0 Å². The van der Waals surface area contributed by atoms with Gasteiger partial charge in [-0.2, -0.15) is 10.1 Å². The van der Waals surface area contributed by atoms with Gasteiger partial charge < -0.3 is 10.6 Å².